The molecule has 1 unspecified atom stereocenters. The maximum Gasteiger partial charge on any atom is 0.387 e. The van der Waals surface area contributed by atoms with Crippen LogP contribution in [0.1, 0.15) is 30.4 Å². The molecule has 4 nitrogen and oxygen atoms in total. The van der Waals surface area contributed by atoms with Gasteiger partial charge in [0.1, 0.15) is 11.5 Å². The standard InChI is InChI=1S/C20H22F4N2O2/c21-18(22)27-16-8-9-17(28-19(23)24)14(12-16)13-20(10-4-5-11-26(20)25)15-6-2-1-3-7-15/h1-3,6-9,12,18-19H,4-5,10-11,13,25H2. The van der Waals surface area contributed by atoms with E-state index in [1.54, 1.807) is 5.01 Å². The van der Waals surface area contributed by atoms with Gasteiger partial charge in [-0.05, 0) is 43.0 Å². The molecule has 1 aliphatic heterocycles. The molecule has 28 heavy (non-hydrogen) atoms. The predicted octanol–water partition coefficient (Wildman–Crippen LogP) is 4.69. The molecule has 2 N–H and O–H groups in total. The number of benzene rings is 2. The minimum absolute atomic E-state index is 0.0779. The smallest absolute Gasteiger partial charge is 0.387 e. The molecule has 0 aromatic heterocycles. The van der Waals surface area contributed by atoms with Crippen molar-refractivity contribution < 1.29 is 27.0 Å². The molecule has 0 aliphatic carbocycles. The highest BCUT2D eigenvalue weighted by molar-refractivity contribution is 5.43. The van der Waals surface area contributed by atoms with Crippen molar-refractivity contribution in [1.82, 2.24) is 5.01 Å². The Bertz CT molecular complexity index is 776. The van der Waals surface area contributed by atoms with E-state index < -0.39 is 18.8 Å². The Hall–Kier alpha value is -2.32. The summed E-state index contributed by atoms with van der Waals surface area (Å²) >= 11 is 0. The van der Waals surface area contributed by atoms with Gasteiger partial charge in [0.2, 0.25) is 0 Å². The maximum atomic E-state index is 12.9. The van der Waals surface area contributed by atoms with Crippen LogP contribution >= 0.6 is 0 Å². The molecule has 1 atom stereocenters. The summed E-state index contributed by atoms with van der Waals surface area (Å²) in [5, 5.41) is 1.71. The van der Waals surface area contributed by atoms with E-state index in [9.17, 15) is 17.6 Å². The van der Waals surface area contributed by atoms with Crippen LogP contribution in [0.2, 0.25) is 0 Å². The molecule has 0 spiro atoms. The lowest BCUT2D eigenvalue weighted by atomic mass is 9.77. The van der Waals surface area contributed by atoms with Gasteiger partial charge in [0.15, 0.2) is 0 Å². The molecule has 1 fully saturated rings. The van der Waals surface area contributed by atoms with Gasteiger partial charge in [0.05, 0.1) is 5.54 Å². The first-order valence-electron chi connectivity index (χ1n) is 9.01. The lowest BCUT2D eigenvalue weighted by molar-refractivity contribution is -0.0540. The van der Waals surface area contributed by atoms with Crippen LogP contribution in [0.15, 0.2) is 48.5 Å². The number of hydrazine groups is 1. The number of nitrogens with zero attached hydrogens (tertiary/aromatic N) is 1. The van der Waals surface area contributed by atoms with E-state index in [1.807, 2.05) is 30.3 Å². The van der Waals surface area contributed by atoms with Crippen LogP contribution in [0.25, 0.3) is 0 Å². The normalized spacial score (nSPS) is 20.5. The van der Waals surface area contributed by atoms with Crippen molar-refractivity contribution in [3.63, 3.8) is 0 Å². The van der Waals surface area contributed by atoms with Crippen molar-refractivity contribution in [2.75, 3.05) is 6.54 Å². The molecule has 152 valence electrons. The summed E-state index contributed by atoms with van der Waals surface area (Å²) in [6, 6.07) is 13.2. The fourth-order valence-electron chi connectivity index (χ4n) is 3.80. The average Bonchev–Trinajstić information content (AvgIpc) is 2.65. The van der Waals surface area contributed by atoms with E-state index in [1.165, 1.54) is 18.2 Å². The topological polar surface area (TPSA) is 47.7 Å². The largest absolute Gasteiger partial charge is 0.435 e. The number of nitrogens with two attached hydrogens (primary N) is 1. The summed E-state index contributed by atoms with van der Waals surface area (Å²) in [5.74, 6) is 6.16. The first kappa shape index (κ1) is 20.4. The van der Waals surface area contributed by atoms with Gasteiger partial charge in [-0.1, -0.05) is 30.3 Å². The third-order valence-corrected chi connectivity index (χ3v) is 5.06. The summed E-state index contributed by atoms with van der Waals surface area (Å²) in [4.78, 5) is 0. The Morgan fingerprint density at radius 2 is 1.68 bits per heavy atom. The number of piperidine rings is 1. The first-order valence-corrected chi connectivity index (χ1v) is 9.01. The minimum atomic E-state index is -3.03. The summed E-state index contributed by atoms with van der Waals surface area (Å²) in [5.41, 5.74) is 0.600. The van der Waals surface area contributed by atoms with E-state index >= 15 is 0 Å². The number of ether oxygens (including phenoxy) is 2. The number of hydrogen-bond donors (Lipinski definition) is 1. The maximum absolute atomic E-state index is 12.9. The van der Waals surface area contributed by atoms with Crippen LogP contribution < -0.4 is 15.3 Å². The van der Waals surface area contributed by atoms with E-state index in [0.29, 0.717) is 18.5 Å². The van der Waals surface area contributed by atoms with E-state index in [0.717, 1.165) is 18.4 Å². The Kier molecular flexibility index (Phi) is 6.41. The predicted molar refractivity (Wildman–Crippen MR) is 96.3 cm³/mol. The van der Waals surface area contributed by atoms with Gasteiger partial charge in [-0.3, -0.25) is 5.84 Å². The van der Waals surface area contributed by atoms with Crippen LogP contribution in [0.3, 0.4) is 0 Å². The SMILES string of the molecule is NN1CCCCC1(Cc1cc(OC(F)F)ccc1OC(F)F)c1ccccc1. The molecular formula is C20H22F4N2O2. The summed E-state index contributed by atoms with van der Waals surface area (Å²) < 4.78 is 60.1. The van der Waals surface area contributed by atoms with Crippen molar-refractivity contribution >= 4 is 0 Å². The van der Waals surface area contributed by atoms with Gasteiger partial charge in [-0.15, -0.1) is 0 Å². The molecule has 8 heteroatoms. The van der Waals surface area contributed by atoms with Crippen molar-refractivity contribution in [3.8, 4) is 11.5 Å². The molecule has 2 aromatic carbocycles. The van der Waals surface area contributed by atoms with E-state index in [4.69, 9.17) is 5.84 Å². The highest BCUT2D eigenvalue weighted by Crippen LogP contribution is 2.41. The zero-order valence-electron chi connectivity index (χ0n) is 15.2. The van der Waals surface area contributed by atoms with Crippen LogP contribution in [0.4, 0.5) is 17.6 Å². The minimum Gasteiger partial charge on any atom is -0.435 e. The molecule has 0 amide bonds. The zero-order valence-corrected chi connectivity index (χ0v) is 15.2. The van der Waals surface area contributed by atoms with Gasteiger partial charge in [-0.2, -0.15) is 17.6 Å². The molecule has 1 aliphatic rings. The summed E-state index contributed by atoms with van der Waals surface area (Å²) in [6.07, 6.45) is 2.73. The molecule has 0 radical (unpaired) electrons. The van der Waals surface area contributed by atoms with Crippen LogP contribution in [0.5, 0.6) is 11.5 Å². The molecule has 1 heterocycles. The summed E-state index contributed by atoms with van der Waals surface area (Å²) in [7, 11) is 0. The quantitative estimate of drug-likeness (QED) is 0.543. The van der Waals surface area contributed by atoms with Gasteiger partial charge >= 0.3 is 13.2 Å². The number of rotatable bonds is 7. The second-order valence-electron chi connectivity index (χ2n) is 6.75. The Morgan fingerprint density at radius 1 is 0.964 bits per heavy atom. The van der Waals surface area contributed by atoms with Crippen molar-refractivity contribution in [2.24, 2.45) is 5.84 Å². The fraction of sp³-hybridized carbons (Fsp3) is 0.400. The van der Waals surface area contributed by atoms with Crippen LogP contribution in [0, 0.1) is 0 Å². The lowest BCUT2D eigenvalue weighted by Gasteiger charge is -2.45. The highest BCUT2D eigenvalue weighted by Gasteiger charge is 2.40. The third-order valence-electron chi connectivity index (χ3n) is 5.06. The van der Waals surface area contributed by atoms with Gasteiger partial charge in [0, 0.05) is 18.5 Å². The molecule has 0 saturated carbocycles. The van der Waals surface area contributed by atoms with E-state index in [2.05, 4.69) is 9.47 Å². The molecule has 3 rings (SSSR count). The van der Waals surface area contributed by atoms with Gasteiger partial charge in [-0.25, -0.2) is 5.01 Å². The number of halogens is 4. The Morgan fingerprint density at radius 3 is 2.32 bits per heavy atom. The monoisotopic (exact) mass is 398 g/mol. The second kappa shape index (κ2) is 8.79. The van der Waals surface area contributed by atoms with Crippen LogP contribution in [-0.2, 0) is 12.0 Å². The van der Waals surface area contributed by atoms with Crippen LogP contribution in [-0.4, -0.2) is 24.8 Å². The third kappa shape index (κ3) is 4.56. The Labute approximate surface area is 160 Å². The number of hydrogen-bond acceptors (Lipinski definition) is 4. The zero-order chi connectivity index (χ0) is 20.1. The van der Waals surface area contributed by atoms with E-state index in [-0.39, 0.29) is 17.9 Å². The number of alkyl halides is 4. The lowest BCUT2D eigenvalue weighted by Crippen LogP contribution is -2.54. The second-order valence-corrected chi connectivity index (χ2v) is 6.75. The van der Waals surface area contributed by atoms with Crippen molar-refractivity contribution in [2.45, 2.75) is 44.4 Å². The van der Waals surface area contributed by atoms with Crippen molar-refractivity contribution in [3.05, 3.63) is 59.7 Å². The molecule has 1 saturated heterocycles. The molecular weight excluding hydrogens is 376 g/mol. The summed E-state index contributed by atoms with van der Waals surface area (Å²) in [6.45, 7) is -5.42. The fourth-order valence-corrected chi connectivity index (χ4v) is 3.80. The Balaban J connectivity index is 2.03. The highest BCUT2D eigenvalue weighted by atomic mass is 19.3. The van der Waals surface area contributed by atoms with Gasteiger partial charge in [0.25, 0.3) is 0 Å². The van der Waals surface area contributed by atoms with Gasteiger partial charge < -0.3 is 9.47 Å². The van der Waals surface area contributed by atoms with Crippen molar-refractivity contribution in [1.29, 1.82) is 0 Å². The molecule has 2 aromatic rings. The average molecular weight is 398 g/mol. The molecule has 0 bridgehead atoms. The first-order chi connectivity index (χ1) is 13.4.